The normalized spacial score (nSPS) is 35.7. The first-order chi connectivity index (χ1) is 8.24. The van der Waals surface area contributed by atoms with E-state index in [0.717, 1.165) is 11.5 Å². The maximum Gasteiger partial charge on any atom is 0.108 e. The number of thiol groups is 4. The van der Waals surface area contributed by atoms with Crippen molar-refractivity contribution in [2.75, 3.05) is 11.5 Å². The first-order valence-electron chi connectivity index (χ1n) is 5.69. The lowest BCUT2D eigenvalue weighted by atomic mass is 10.2. The van der Waals surface area contributed by atoms with Crippen LogP contribution in [0.5, 0.6) is 0 Å². The summed E-state index contributed by atoms with van der Waals surface area (Å²) in [5, 5.41) is 0. The second-order valence-electron chi connectivity index (χ2n) is 4.81. The van der Waals surface area contributed by atoms with Crippen molar-refractivity contribution < 1.29 is 9.47 Å². The van der Waals surface area contributed by atoms with E-state index in [2.05, 4.69) is 50.5 Å². The smallest absolute Gasteiger partial charge is 0.108 e. The molecule has 0 aromatic heterocycles. The van der Waals surface area contributed by atoms with Crippen LogP contribution in [0.15, 0.2) is 0 Å². The van der Waals surface area contributed by atoms with Gasteiger partial charge in [-0.1, -0.05) is 21.6 Å². The molecule has 0 aromatic carbocycles. The molecule has 0 aromatic rings. The third kappa shape index (κ3) is 4.26. The number of epoxide rings is 2. The van der Waals surface area contributed by atoms with E-state index in [9.17, 15) is 0 Å². The molecule has 4 atom stereocenters. The number of ether oxygens (including phenoxy) is 2. The zero-order valence-electron chi connectivity index (χ0n) is 10.1. The van der Waals surface area contributed by atoms with Crippen molar-refractivity contribution in [3.63, 3.8) is 0 Å². The van der Waals surface area contributed by atoms with Gasteiger partial charge in [-0.2, -0.15) is 50.5 Å². The van der Waals surface area contributed by atoms with Crippen molar-refractivity contribution >= 4 is 72.1 Å². The summed E-state index contributed by atoms with van der Waals surface area (Å²) in [6.45, 7) is 4.09. The molecule has 8 heteroatoms. The number of hydrogen-bond acceptors (Lipinski definition) is 8. The molecule has 0 amide bonds. The van der Waals surface area contributed by atoms with Gasteiger partial charge in [-0.15, -0.1) is 0 Å². The monoisotopic (exact) mass is 362 g/mol. The third-order valence-corrected chi connectivity index (χ3v) is 7.99. The molecule has 0 saturated carbocycles. The van der Waals surface area contributed by atoms with Gasteiger partial charge in [0.05, 0.1) is 20.4 Å². The SMILES string of the molecule is CC1OC1C(S)(S)CSSCC(S)(S)C1OC1C. The summed E-state index contributed by atoms with van der Waals surface area (Å²) < 4.78 is 10.1. The quantitative estimate of drug-likeness (QED) is 0.184. The average molecular weight is 363 g/mol. The minimum Gasteiger partial charge on any atom is -0.367 e. The second-order valence-corrected chi connectivity index (χ2v) is 11.2. The first-order valence-corrected chi connectivity index (χ1v) is 9.96. The summed E-state index contributed by atoms with van der Waals surface area (Å²) in [5.41, 5.74) is 0. The molecule has 106 valence electrons. The van der Waals surface area contributed by atoms with Crippen LogP contribution in [0.3, 0.4) is 0 Å². The van der Waals surface area contributed by atoms with Crippen LogP contribution in [0, 0.1) is 0 Å². The molecule has 2 aliphatic rings. The minimum absolute atomic E-state index is 0.154. The van der Waals surface area contributed by atoms with Gasteiger partial charge < -0.3 is 9.47 Å². The maximum atomic E-state index is 5.42. The number of rotatable bonds is 7. The Morgan fingerprint density at radius 1 is 0.833 bits per heavy atom. The highest BCUT2D eigenvalue weighted by Crippen LogP contribution is 2.46. The molecule has 18 heavy (non-hydrogen) atoms. The van der Waals surface area contributed by atoms with Gasteiger partial charge in [-0.05, 0) is 13.8 Å². The van der Waals surface area contributed by atoms with Gasteiger partial charge in [0.2, 0.25) is 0 Å². The predicted molar refractivity (Wildman–Crippen MR) is 95.0 cm³/mol. The molecule has 0 bridgehead atoms. The summed E-state index contributed by atoms with van der Waals surface area (Å²) in [5.74, 6) is 1.63. The van der Waals surface area contributed by atoms with Crippen LogP contribution in [0.4, 0.5) is 0 Å². The van der Waals surface area contributed by atoms with E-state index < -0.39 is 0 Å². The molecular weight excluding hydrogens is 345 g/mol. The minimum atomic E-state index is -0.365. The molecule has 2 nitrogen and oxygen atoms in total. The van der Waals surface area contributed by atoms with Crippen molar-refractivity contribution in [3.05, 3.63) is 0 Å². The fourth-order valence-corrected chi connectivity index (χ4v) is 7.13. The van der Waals surface area contributed by atoms with E-state index in [4.69, 9.17) is 9.47 Å². The zero-order valence-corrected chi connectivity index (χ0v) is 15.4. The standard InChI is InChI=1S/C10H18O2S6/c1-5-7(11-5)9(13,14)3-17-18-4-10(15,16)8-6(2)12-8/h5-8,13-16H,3-4H2,1-2H3. The highest BCUT2D eigenvalue weighted by Gasteiger charge is 2.50. The lowest BCUT2D eigenvalue weighted by molar-refractivity contribution is 0.373. The summed E-state index contributed by atoms with van der Waals surface area (Å²) in [7, 11) is 3.47. The van der Waals surface area contributed by atoms with E-state index in [1.54, 1.807) is 21.6 Å². The molecule has 2 fully saturated rings. The van der Waals surface area contributed by atoms with Crippen molar-refractivity contribution in [2.24, 2.45) is 0 Å². The van der Waals surface area contributed by atoms with Gasteiger partial charge >= 0.3 is 0 Å². The van der Waals surface area contributed by atoms with Gasteiger partial charge in [0.1, 0.15) is 12.2 Å². The fourth-order valence-electron chi connectivity index (χ4n) is 1.76. The highest BCUT2D eigenvalue weighted by molar-refractivity contribution is 8.77. The molecule has 4 unspecified atom stereocenters. The lowest BCUT2D eigenvalue weighted by Gasteiger charge is -2.22. The maximum absolute atomic E-state index is 5.42. The van der Waals surface area contributed by atoms with Crippen LogP contribution in [-0.4, -0.2) is 44.1 Å². The van der Waals surface area contributed by atoms with Gasteiger partial charge in [0.25, 0.3) is 0 Å². The van der Waals surface area contributed by atoms with E-state index in [1.165, 1.54) is 0 Å². The molecule has 2 rings (SSSR count). The van der Waals surface area contributed by atoms with E-state index >= 15 is 0 Å². The van der Waals surface area contributed by atoms with Crippen molar-refractivity contribution in [2.45, 2.75) is 46.4 Å². The molecule has 0 radical (unpaired) electrons. The van der Waals surface area contributed by atoms with E-state index in [-0.39, 0.29) is 32.6 Å². The van der Waals surface area contributed by atoms with Crippen LogP contribution in [0.2, 0.25) is 0 Å². The molecule has 0 spiro atoms. The van der Waals surface area contributed by atoms with Crippen LogP contribution in [-0.2, 0) is 9.47 Å². The van der Waals surface area contributed by atoms with E-state index in [0.29, 0.717) is 0 Å². The van der Waals surface area contributed by atoms with Crippen LogP contribution < -0.4 is 0 Å². The average Bonchev–Trinajstić information content (AvgIpc) is 3.12. The summed E-state index contributed by atoms with van der Waals surface area (Å²) >= 11 is 18.2. The Hall–Kier alpha value is 2.02. The van der Waals surface area contributed by atoms with Crippen LogP contribution in [0.1, 0.15) is 13.8 Å². The Labute approximate surface area is 139 Å². The summed E-state index contributed by atoms with van der Waals surface area (Å²) in [6.07, 6.45) is 0.863. The molecular formula is C10H18O2S6. The van der Waals surface area contributed by atoms with E-state index in [1.807, 2.05) is 13.8 Å². The van der Waals surface area contributed by atoms with Gasteiger partial charge in [0, 0.05) is 11.5 Å². The number of hydrogen-bond donors (Lipinski definition) is 4. The summed E-state index contributed by atoms with van der Waals surface area (Å²) in [4.78, 5) is 0. The molecule has 0 N–H and O–H groups in total. The van der Waals surface area contributed by atoms with Crippen LogP contribution in [0.25, 0.3) is 0 Å². The van der Waals surface area contributed by atoms with Gasteiger partial charge in [-0.25, -0.2) is 0 Å². The lowest BCUT2D eigenvalue weighted by Crippen LogP contribution is -2.27. The summed E-state index contributed by atoms with van der Waals surface area (Å²) in [6, 6.07) is 0. The van der Waals surface area contributed by atoms with Crippen molar-refractivity contribution in [3.8, 4) is 0 Å². The Morgan fingerprint density at radius 2 is 1.11 bits per heavy atom. The Bertz CT molecular complexity index is 281. The molecule has 2 aliphatic heterocycles. The van der Waals surface area contributed by atoms with Gasteiger partial charge in [-0.3, -0.25) is 0 Å². The second kappa shape index (κ2) is 6.02. The van der Waals surface area contributed by atoms with Crippen LogP contribution >= 0.6 is 72.1 Å². The Morgan fingerprint density at radius 3 is 1.33 bits per heavy atom. The Balaban J connectivity index is 1.64. The first kappa shape index (κ1) is 16.4. The molecule has 2 heterocycles. The third-order valence-electron chi connectivity index (χ3n) is 2.96. The zero-order chi connectivity index (χ0) is 13.6. The van der Waals surface area contributed by atoms with Crippen molar-refractivity contribution in [1.29, 1.82) is 0 Å². The molecule has 2 saturated heterocycles. The largest absolute Gasteiger partial charge is 0.367 e. The molecule has 0 aliphatic carbocycles. The predicted octanol–water partition coefficient (Wildman–Crippen LogP) is 3.05. The fraction of sp³-hybridized carbons (Fsp3) is 1.00. The highest BCUT2D eigenvalue weighted by atomic mass is 33.1. The Kier molecular flexibility index (Phi) is 5.49. The van der Waals surface area contributed by atoms with Crippen molar-refractivity contribution in [1.82, 2.24) is 0 Å². The topological polar surface area (TPSA) is 25.1 Å². The van der Waals surface area contributed by atoms with Gasteiger partial charge in [0.15, 0.2) is 0 Å².